The lowest BCUT2D eigenvalue weighted by Gasteiger charge is -2.34. The highest BCUT2D eigenvalue weighted by atomic mass is 19.1. The highest BCUT2D eigenvalue weighted by Gasteiger charge is 2.55. The number of para-hydroxylation sites is 2. The molecule has 5 rings (SSSR count). The molecule has 0 bridgehead atoms. The molecule has 1 atom stereocenters. The predicted octanol–water partition coefficient (Wildman–Crippen LogP) is 4.19. The van der Waals surface area contributed by atoms with Crippen LogP contribution in [0.15, 0.2) is 99.0 Å². The molecule has 0 saturated carbocycles. The van der Waals surface area contributed by atoms with E-state index in [1.807, 2.05) is 6.07 Å². The third-order valence-corrected chi connectivity index (χ3v) is 6.58. The molecule has 8 nitrogen and oxygen atoms in total. The first kappa shape index (κ1) is 23.3. The van der Waals surface area contributed by atoms with Gasteiger partial charge in [0.2, 0.25) is 0 Å². The van der Waals surface area contributed by atoms with E-state index < -0.39 is 23.2 Å². The van der Waals surface area contributed by atoms with Gasteiger partial charge in [-0.1, -0.05) is 54.6 Å². The van der Waals surface area contributed by atoms with Gasteiger partial charge in [0.15, 0.2) is 6.17 Å². The van der Waals surface area contributed by atoms with Crippen molar-refractivity contribution in [3.05, 3.63) is 117 Å². The van der Waals surface area contributed by atoms with Gasteiger partial charge >= 0.3 is 17.5 Å². The molecular weight excluding hydrogens is 463 g/mol. The van der Waals surface area contributed by atoms with Crippen LogP contribution in [-0.2, 0) is 6.42 Å². The maximum atomic E-state index is 14.3. The third kappa shape index (κ3) is 3.82. The monoisotopic (exact) mass is 488 g/mol. The van der Waals surface area contributed by atoms with E-state index in [1.165, 1.54) is 11.0 Å². The molecule has 0 spiro atoms. The molecule has 0 aliphatic carbocycles. The van der Waals surface area contributed by atoms with Crippen molar-refractivity contribution in [1.29, 1.82) is 0 Å². The van der Waals surface area contributed by atoms with E-state index >= 15 is 0 Å². The van der Waals surface area contributed by atoms with Crippen molar-refractivity contribution in [1.82, 2.24) is 14.2 Å². The summed E-state index contributed by atoms with van der Waals surface area (Å²) in [6.07, 6.45) is -0.695. The molecule has 1 aromatic heterocycles. The van der Waals surface area contributed by atoms with Crippen molar-refractivity contribution in [2.45, 2.75) is 32.0 Å². The Morgan fingerprint density at radius 1 is 0.833 bits per heavy atom. The van der Waals surface area contributed by atoms with Gasteiger partial charge in [-0.2, -0.15) is 4.57 Å². The molecular formula is C27H25FN4O4. The fraction of sp³-hybridized carbons (Fsp3) is 0.222. The summed E-state index contributed by atoms with van der Waals surface area (Å²) in [6, 6.07) is 23.4. The Morgan fingerprint density at radius 2 is 1.42 bits per heavy atom. The number of hydrogen-bond donors (Lipinski definition) is 0. The van der Waals surface area contributed by atoms with Gasteiger partial charge in [-0.25, -0.2) is 18.8 Å². The van der Waals surface area contributed by atoms with E-state index in [9.17, 15) is 18.8 Å². The minimum absolute atomic E-state index is 0.199. The summed E-state index contributed by atoms with van der Waals surface area (Å²) in [4.78, 5) is 43.1. The van der Waals surface area contributed by atoms with E-state index in [1.54, 1.807) is 91.5 Å². The lowest BCUT2D eigenvalue weighted by atomic mass is 9.99. The van der Waals surface area contributed by atoms with Gasteiger partial charge in [-0.05, 0) is 56.2 Å². The van der Waals surface area contributed by atoms with Crippen LogP contribution in [0.3, 0.4) is 0 Å². The maximum absolute atomic E-state index is 14.3. The molecule has 1 fully saturated rings. The Bertz CT molecular complexity index is 1510. The lowest BCUT2D eigenvalue weighted by Crippen LogP contribution is -2.47. The first-order valence-corrected chi connectivity index (χ1v) is 11.6. The second-order valence-corrected chi connectivity index (χ2v) is 9.15. The SMILES string of the molecule is CC1(C)[C@H](n2oc(=O)n(-c3ccccc3)c2=O)N(c2ccccc2)C(=O)N1CCc1ccccc1F. The molecule has 2 amide bonds. The highest BCUT2D eigenvalue weighted by Crippen LogP contribution is 2.42. The second kappa shape index (κ2) is 8.99. The van der Waals surface area contributed by atoms with Gasteiger partial charge in [0.1, 0.15) is 5.82 Å². The molecule has 0 radical (unpaired) electrons. The van der Waals surface area contributed by atoms with E-state index in [4.69, 9.17) is 4.52 Å². The minimum Gasteiger partial charge on any atom is -0.315 e. The smallest absolute Gasteiger partial charge is 0.315 e. The van der Waals surface area contributed by atoms with Gasteiger partial charge < -0.3 is 9.42 Å². The molecule has 4 aromatic rings. The van der Waals surface area contributed by atoms with Crippen molar-refractivity contribution in [3.8, 4) is 5.69 Å². The number of anilines is 1. The van der Waals surface area contributed by atoms with Crippen LogP contribution in [0.25, 0.3) is 5.69 Å². The second-order valence-electron chi connectivity index (χ2n) is 9.15. The Hall–Kier alpha value is -4.40. The van der Waals surface area contributed by atoms with Crippen LogP contribution >= 0.6 is 0 Å². The summed E-state index contributed by atoms with van der Waals surface area (Å²) in [7, 11) is 0. The molecule has 36 heavy (non-hydrogen) atoms. The topological polar surface area (TPSA) is 80.7 Å². The first-order valence-electron chi connectivity index (χ1n) is 11.6. The van der Waals surface area contributed by atoms with Gasteiger partial charge in [0.25, 0.3) is 0 Å². The molecule has 0 unspecified atom stereocenters. The summed E-state index contributed by atoms with van der Waals surface area (Å²) < 4.78 is 21.7. The Labute approximate surface area is 206 Å². The number of halogens is 1. The summed E-state index contributed by atoms with van der Waals surface area (Å²) in [5.74, 6) is -1.20. The van der Waals surface area contributed by atoms with Crippen LogP contribution in [-0.4, -0.2) is 32.3 Å². The van der Waals surface area contributed by atoms with Crippen LogP contribution in [0.2, 0.25) is 0 Å². The molecule has 3 aromatic carbocycles. The van der Waals surface area contributed by atoms with Crippen LogP contribution in [0.5, 0.6) is 0 Å². The molecule has 2 heterocycles. The lowest BCUT2D eigenvalue weighted by molar-refractivity contribution is 0.0974. The average Bonchev–Trinajstić information content (AvgIpc) is 3.27. The van der Waals surface area contributed by atoms with Crippen molar-refractivity contribution in [2.24, 2.45) is 0 Å². The summed E-state index contributed by atoms with van der Waals surface area (Å²) >= 11 is 0. The van der Waals surface area contributed by atoms with Crippen LogP contribution in [0.1, 0.15) is 25.6 Å². The van der Waals surface area contributed by atoms with Crippen molar-refractivity contribution >= 4 is 11.7 Å². The molecule has 184 valence electrons. The number of hydrogen-bond acceptors (Lipinski definition) is 4. The zero-order chi connectivity index (χ0) is 25.4. The van der Waals surface area contributed by atoms with E-state index in [0.717, 1.165) is 9.31 Å². The normalized spacial score (nSPS) is 17.1. The largest absolute Gasteiger partial charge is 0.447 e. The third-order valence-electron chi connectivity index (χ3n) is 6.58. The maximum Gasteiger partial charge on any atom is 0.447 e. The van der Waals surface area contributed by atoms with Crippen LogP contribution in [0.4, 0.5) is 14.9 Å². The van der Waals surface area contributed by atoms with E-state index in [0.29, 0.717) is 16.9 Å². The zero-order valence-corrected chi connectivity index (χ0v) is 19.9. The van der Waals surface area contributed by atoms with Gasteiger partial charge in [-0.3, -0.25) is 4.90 Å². The number of nitrogens with zero attached hydrogens (tertiary/aromatic N) is 4. The molecule has 1 aliphatic heterocycles. The zero-order valence-electron chi connectivity index (χ0n) is 19.9. The predicted molar refractivity (Wildman–Crippen MR) is 133 cm³/mol. The fourth-order valence-corrected chi connectivity index (χ4v) is 4.77. The van der Waals surface area contributed by atoms with Gasteiger partial charge in [0.05, 0.1) is 11.2 Å². The van der Waals surface area contributed by atoms with E-state index in [2.05, 4.69) is 0 Å². The number of rotatable bonds is 6. The van der Waals surface area contributed by atoms with E-state index in [-0.39, 0.29) is 24.8 Å². The fourth-order valence-electron chi connectivity index (χ4n) is 4.77. The quantitative estimate of drug-likeness (QED) is 0.408. The summed E-state index contributed by atoms with van der Waals surface area (Å²) in [6.45, 7) is 3.79. The Kier molecular flexibility index (Phi) is 5.83. The number of amides is 2. The number of carbonyl (C=O) groups is 1. The molecule has 1 saturated heterocycles. The first-order chi connectivity index (χ1) is 17.3. The Morgan fingerprint density at radius 3 is 2.06 bits per heavy atom. The van der Waals surface area contributed by atoms with Crippen LogP contribution < -0.4 is 16.3 Å². The number of carbonyl (C=O) groups excluding carboxylic acids is 1. The number of aromatic nitrogens is 2. The summed E-state index contributed by atoms with van der Waals surface area (Å²) in [5, 5.41) is 0. The standard InChI is InChI=1S/C27H25FN4O4/c1-27(2)23(32-25(34)31(26(35)36-32)21-14-7-4-8-15-21)30(20-12-5-3-6-13-20)24(33)29(27)18-17-19-11-9-10-16-22(19)28/h3-16,23H,17-18H2,1-2H3/t23-/m0/s1. The van der Waals surface area contributed by atoms with Gasteiger partial charge in [0, 0.05) is 12.2 Å². The molecule has 1 aliphatic rings. The van der Waals surface area contributed by atoms with Crippen molar-refractivity contribution < 1.29 is 13.7 Å². The highest BCUT2D eigenvalue weighted by molar-refractivity contribution is 5.95. The molecule has 9 heteroatoms. The van der Waals surface area contributed by atoms with Crippen LogP contribution in [0, 0.1) is 5.82 Å². The summed E-state index contributed by atoms with van der Waals surface area (Å²) in [5.41, 5.74) is -0.319. The average molecular weight is 489 g/mol. The molecule has 0 N–H and O–H groups in total. The Balaban J connectivity index is 1.61. The minimum atomic E-state index is -0.999. The number of urea groups is 1. The van der Waals surface area contributed by atoms with Crippen molar-refractivity contribution in [2.75, 3.05) is 11.4 Å². The number of benzene rings is 3. The van der Waals surface area contributed by atoms with Crippen molar-refractivity contribution in [3.63, 3.8) is 0 Å². The van der Waals surface area contributed by atoms with Gasteiger partial charge in [-0.15, -0.1) is 4.74 Å².